The van der Waals surface area contributed by atoms with Crippen molar-refractivity contribution < 1.29 is 5.11 Å². The van der Waals surface area contributed by atoms with Crippen LogP contribution in [0.15, 0.2) is 48.5 Å². The minimum Gasteiger partial charge on any atom is -0.393 e. The number of aliphatic hydroxyl groups excluding tert-OH is 1. The summed E-state index contributed by atoms with van der Waals surface area (Å²) in [5.41, 5.74) is 2.47. The normalized spacial score (nSPS) is 21.3. The van der Waals surface area contributed by atoms with E-state index in [1.807, 2.05) is 24.3 Å². The number of likely N-dealkylation sites (tertiary alicyclic amines) is 1. The Bertz CT molecular complexity index is 647. The summed E-state index contributed by atoms with van der Waals surface area (Å²) in [6.07, 6.45) is 2.33. The highest BCUT2D eigenvalue weighted by Gasteiger charge is 2.28. The standard InChI is InChI=1S/C19H21Cl2NO.CH4/c20-17-7-6-15(12-18(17)21)19-13-16(23)9-11-22(19)10-8-14-4-2-1-3-5-14;/h1-7,12,16,19,23H,8-11,13H2;1H4. The van der Waals surface area contributed by atoms with Crippen molar-refractivity contribution in [2.75, 3.05) is 13.1 Å². The van der Waals surface area contributed by atoms with Gasteiger partial charge in [-0.15, -0.1) is 0 Å². The number of aliphatic hydroxyl groups is 1. The molecular formula is C20H25Cl2NO. The number of hydrogen-bond acceptors (Lipinski definition) is 2. The number of hydrogen-bond donors (Lipinski definition) is 1. The Kier molecular flexibility index (Phi) is 7.12. The van der Waals surface area contributed by atoms with Crippen LogP contribution in [0.4, 0.5) is 0 Å². The maximum Gasteiger partial charge on any atom is 0.0595 e. The van der Waals surface area contributed by atoms with Gasteiger partial charge in [0.2, 0.25) is 0 Å². The molecule has 1 N–H and O–H groups in total. The van der Waals surface area contributed by atoms with Gasteiger partial charge in [0, 0.05) is 19.1 Å². The van der Waals surface area contributed by atoms with Crippen LogP contribution in [0.2, 0.25) is 10.0 Å². The molecule has 0 amide bonds. The Morgan fingerprint density at radius 2 is 1.79 bits per heavy atom. The lowest BCUT2D eigenvalue weighted by molar-refractivity contribution is 0.0414. The van der Waals surface area contributed by atoms with Gasteiger partial charge in [-0.2, -0.15) is 0 Å². The number of piperidine rings is 1. The van der Waals surface area contributed by atoms with E-state index in [2.05, 4.69) is 29.2 Å². The van der Waals surface area contributed by atoms with Crippen molar-refractivity contribution in [1.82, 2.24) is 4.90 Å². The highest BCUT2D eigenvalue weighted by Crippen LogP contribution is 2.34. The Morgan fingerprint density at radius 1 is 1.04 bits per heavy atom. The molecular weight excluding hydrogens is 341 g/mol. The topological polar surface area (TPSA) is 23.5 Å². The van der Waals surface area contributed by atoms with Gasteiger partial charge in [0.05, 0.1) is 16.1 Å². The van der Waals surface area contributed by atoms with E-state index in [0.717, 1.165) is 37.9 Å². The van der Waals surface area contributed by atoms with E-state index in [1.165, 1.54) is 5.56 Å². The summed E-state index contributed by atoms with van der Waals surface area (Å²) in [5.74, 6) is 0. The van der Waals surface area contributed by atoms with Gasteiger partial charge in [-0.05, 0) is 42.5 Å². The average Bonchev–Trinajstić information content (AvgIpc) is 2.57. The third-order valence-corrected chi connectivity index (χ3v) is 5.28. The lowest BCUT2D eigenvalue weighted by atomic mass is 9.93. The van der Waals surface area contributed by atoms with Crippen molar-refractivity contribution in [2.45, 2.75) is 38.8 Å². The summed E-state index contributed by atoms with van der Waals surface area (Å²) in [5, 5.41) is 11.2. The van der Waals surface area contributed by atoms with Crippen molar-refractivity contribution in [1.29, 1.82) is 0 Å². The van der Waals surface area contributed by atoms with Crippen molar-refractivity contribution >= 4 is 23.2 Å². The van der Waals surface area contributed by atoms with Gasteiger partial charge >= 0.3 is 0 Å². The van der Waals surface area contributed by atoms with Gasteiger partial charge in [-0.3, -0.25) is 4.90 Å². The molecule has 2 aromatic carbocycles. The van der Waals surface area contributed by atoms with Crippen LogP contribution in [0.5, 0.6) is 0 Å². The van der Waals surface area contributed by atoms with E-state index in [0.29, 0.717) is 10.0 Å². The van der Waals surface area contributed by atoms with Crippen LogP contribution in [0, 0.1) is 0 Å². The second kappa shape index (κ2) is 8.87. The van der Waals surface area contributed by atoms with E-state index < -0.39 is 0 Å². The van der Waals surface area contributed by atoms with Gasteiger partial charge in [-0.1, -0.05) is 67.0 Å². The number of halogens is 2. The molecule has 0 radical (unpaired) electrons. The Morgan fingerprint density at radius 3 is 2.50 bits per heavy atom. The molecule has 2 atom stereocenters. The smallest absolute Gasteiger partial charge is 0.0595 e. The van der Waals surface area contributed by atoms with E-state index in [9.17, 15) is 5.11 Å². The van der Waals surface area contributed by atoms with Gasteiger partial charge < -0.3 is 5.11 Å². The largest absolute Gasteiger partial charge is 0.393 e. The van der Waals surface area contributed by atoms with Gasteiger partial charge in [0.25, 0.3) is 0 Å². The molecule has 4 heteroatoms. The predicted molar refractivity (Wildman–Crippen MR) is 103 cm³/mol. The van der Waals surface area contributed by atoms with Gasteiger partial charge in [-0.25, -0.2) is 0 Å². The molecule has 2 unspecified atom stereocenters. The fourth-order valence-electron chi connectivity index (χ4n) is 3.25. The lowest BCUT2D eigenvalue weighted by Crippen LogP contribution is -2.39. The molecule has 0 saturated carbocycles. The molecule has 1 heterocycles. The number of rotatable bonds is 4. The summed E-state index contributed by atoms with van der Waals surface area (Å²) in [6, 6.07) is 16.5. The van der Waals surface area contributed by atoms with E-state index in [4.69, 9.17) is 23.2 Å². The summed E-state index contributed by atoms with van der Waals surface area (Å²) < 4.78 is 0. The fourth-order valence-corrected chi connectivity index (χ4v) is 3.55. The summed E-state index contributed by atoms with van der Waals surface area (Å²) in [4.78, 5) is 2.44. The Balaban J connectivity index is 0.00000208. The molecule has 0 aliphatic carbocycles. The molecule has 1 saturated heterocycles. The zero-order valence-electron chi connectivity index (χ0n) is 13.0. The monoisotopic (exact) mass is 365 g/mol. The maximum atomic E-state index is 10.1. The minimum atomic E-state index is -0.248. The second-order valence-electron chi connectivity index (χ2n) is 6.14. The predicted octanol–water partition coefficient (Wildman–Crippen LogP) is 5.37. The first-order valence-corrected chi connectivity index (χ1v) is 8.80. The molecule has 1 aliphatic heterocycles. The first kappa shape index (κ1) is 19.3. The molecule has 1 aliphatic rings. The second-order valence-corrected chi connectivity index (χ2v) is 6.95. The zero-order chi connectivity index (χ0) is 16.2. The van der Waals surface area contributed by atoms with Crippen molar-refractivity contribution in [3.05, 3.63) is 69.7 Å². The molecule has 0 aromatic heterocycles. The fraction of sp³-hybridized carbons (Fsp3) is 0.400. The highest BCUT2D eigenvalue weighted by molar-refractivity contribution is 6.42. The molecule has 2 nitrogen and oxygen atoms in total. The molecule has 2 aromatic rings. The van der Waals surface area contributed by atoms with E-state index >= 15 is 0 Å². The summed E-state index contributed by atoms with van der Waals surface area (Å²) in [6.45, 7) is 1.88. The van der Waals surface area contributed by atoms with Crippen LogP contribution in [-0.4, -0.2) is 29.2 Å². The molecule has 24 heavy (non-hydrogen) atoms. The van der Waals surface area contributed by atoms with Gasteiger partial charge in [0.1, 0.15) is 0 Å². The molecule has 130 valence electrons. The SMILES string of the molecule is C.OC1CCN(CCc2ccccc2)C(c2ccc(Cl)c(Cl)c2)C1. The summed E-state index contributed by atoms with van der Waals surface area (Å²) >= 11 is 12.2. The first-order chi connectivity index (χ1) is 11.1. The van der Waals surface area contributed by atoms with Gasteiger partial charge in [0.15, 0.2) is 0 Å². The number of nitrogens with zero attached hydrogens (tertiary/aromatic N) is 1. The molecule has 0 bridgehead atoms. The first-order valence-electron chi connectivity index (χ1n) is 8.04. The number of benzene rings is 2. The molecule has 3 rings (SSSR count). The molecule has 0 spiro atoms. The third kappa shape index (κ3) is 4.73. The van der Waals surface area contributed by atoms with Crippen molar-refractivity contribution in [3.8, 4) is 0 Å². The van der Waals surface area contributed by atoms with E-state index in [-0.39, 0.29) is 19.6 Å². The molecule has 1 fully saturated rings. The van der Waals surface area contributed by atoms with Crippen LogP contribution in [0.25, 0.3) is 0 Å². The average molecular weight is 366 g/mol. The van der Waals surface area contributed by atoms with E-state index in [1.54, 1.807) is 0 Å². The zero-order valence-corrected chi connectivity index (χ0v) is 14.5. The highest BCUT2D eigenvalue weighted by atomic mass is 35.5. The van der Waals surface area contributed by atoms with Crippen molar-refractivity contribution in [3.63, 3.8) is 0 Å². The van der Waals surface area contributed by atoms with Crippen LogP contribution < -0.4 is 0 Å². The Hall–Kier alpha value is -1.06. The van der Waals surface area contributed by atoms with Crippen LogP contribution in [-0.2, 0) is 6.42 Å². The lowest BCUT2D eigenvalue weighted by Gasteiger charge is -2.38. The van der Waals surface area contributed by atoms with Crippen molar-refractivity contribution in [2.24, 2.45) is 0 Å². The van der Waals surface area contributed by atoms with Crippen LogP contribution >= 0.6 is 23.2 Å². The minimum absolute atomic E-state index is 0. The summed E-state index contributed by atoms with van der Waals surface area (Å²) in [7, 11) is 0. The van der Waals surface area contributed by atoms with Crippen LogP contribution in [0.3, 0.4) is 0 Å². The Labute approximate surface area is 155 Å². The maximum absolute atomic E-state index is 10.1. The third-order valence-electron chi connectivity index (χ3n) is 4.54. The van der Waals surface area contributed by atoms with Crippen LogP contribution in [0.1, 0.15) is 37.4 Å². The quantitative estimate of drug-likeness (QED) is 0.786.